The molecule has 6 heteroatoms. The maximum Gasteiger partial charge on any atom is 0.212 e. The molecule has 0 fully saturated rings. The van der Waals surface area contributed by atoms with Crippen molar-refractivity contribution in [2.75, 3.05) is 27.1 Å². The lowest BCUT2D eigenvalue weighted by Gasteiger charge is -2.43. The van der Waals surface area contributed by atoms with Gasteiger partial charge in [-0.3, -0.25) is 4.79 Å². The number of carbonyl (C=O) groups excluding carboxylic acids is 1. The fourth-order valence-electron chi connectivity index (χ4n) is 6.70. The lowest BCUT2D eigenvalue weighted by atomic mass is 9.14. The number of rotatable bonds is 14. The molecular formula is C45H47BO4S. The first kappa shape index (κ1) is 37.1. The molecule has 6 rings (SSSR count). The van der Waals surface area contributed by atoms with Gasteiger partial charge in [0, 0.05) is 5.56 Å². The molecule has 6 aromatic carbocycles. The van der Waals surface area contributed by atoms with Crippen molar-refractivity contribution in [1.82, 2.24) is 0 Å². The quantitative estimate of drug-likeness (QED) is 0.0651. The van der Waals surface area contributed by atoms with Gasteiger partial charge in [0.05, 0.1) is 38.4 Å². The first-order valence-electron chi connectivity index (χ1n) is 17.5. The standard InChI is InChI=1S/C25H30BO3.C20H17OS/c1-5-6-19-26(20-7-13-23(27-2)14-8-20,21-9-15-24(28-3)16-10-21)22-11-17-25(29-4)18-12-22;21-20(17-10-4-1-5-11-17)16-22(18-12-6-2-7-13-18)19-14-8-3-9-15-19/h7-18H,5-6,19H2,1-4H3;1-15H,16H2/q-1;+1. The van der Waals surface area contributed by atoms with Crippen LogP contribution in [-0.4, -0.2) is 39.0 Å². The van der Waals surface area contributed by atoms with Crippen LogP contribution in [0.4, 0.5) is 0 Å². The maximum atomic E-state index is 12.6. The molecule has 0 unspecified atom stereocenters. The number of Topliss-reactive ketones (excluding diaryl/α,β-unsaturated/α-hetero) is 1. The second-order valence-electron chi connectivity index (χ2n) is 12.5. The van der Waals surface area contributed by atoms with Crippen LogP contribution in [0.2, 0.25) is 6.32 Å². The lowest BCUT2D eigenvalue weighted by Crippen LogP contribution is -2.66. The SMILES string of the molecule is CCCC[B-](c1ccc(OC)cc1)(c1ccc(OC)cc1)c1ccc(OC)cc1.O=C(C[S+](c1ccccc1)c1ccccc1)c1ccccc1. The Balaban J connectivity index is 0.000000205. The van der Waals surface area contributed by atoms with Crippen molar-refractivity contribution in [2.24, 2.45) is 0 Å². The second-order valence-corrected chi connectivity index (χ2v) is 14.5. The molecule has 0 aliphatic carbocycles. The maximum absolute atomic E-state index is 12.6. The zero-order valence-electron chi connectivity index (χ0n) is 30.0. The molecule has 4 nitrogen and oxygen atoms in total. The smallest absolute Gasteiger partial charge is 0.212 e. The van der Waals surface area contributed by atoms with E-state index >= 15 is 0 Å². The van der Waals surface area contributed by atoms with Gasteiger partial charge in [0.25, 0.3) is 0 Å². The molecule has 0 heterocycles. The molecule has 0 amide bonds. The summed E-state index contributed by atoms with van der Waals surface area (Å²) in [5, 5.41) is 0. The minimum absolute atomic E-state index is 0.191. The zero-order valence-corrected chi connectivity index (χ0v) is 30.9. The molecule has 260 valence electrons. The number of unbranched alkanes of at least 4 members (excludes halogenated alkanes) is 1. The molecule has 6 aromatic rings. The van der Waals surface area contributed by atoms with Crippen molar-refractivity contribution in [3.8, 4) is 17.2 Å². The van der Waals surface area contributed by atoms with E-state index in [1.54, 1.807) is 21.3 Å². The molecule has 51 heavy (non-hydrogen) atoms. The minimum Gasteiger partial charge on any atom is -0.497 e. The average Bonchev–Trinajstić information content (AvgIpc) is 3.22. The number of hydrogen-bond acceptors (Lipinski definition) is 4. The van der Waals surface area contributed by atoms with Crippen LogP contribution in [0, 0.1) is 0 Å². The van der Waals surface area contributed by atoms with Crippen LogP contribution in [0.5, 0.6) is 17.2 Å². The van der Waals surface area contributed by atoms with Crippen molar-refractivity contribution in [2.45, 2.75) is 35.9 Å². The van der Waals surface area contributed by atoms with Crippen LogP contribution in [0.3, 0.4) is 0 Å². The lowest BCUT2D eigenvalue weighted by molar-refractivity contribution is 0.102. The molecule has 0 aliphatic rings. The summed E-state index contributed by atoms with van der Waals surface area (Å²) < 4.78 is 16.2. The van der Waals surface area contributed by atoms with Gasteiger partial charge in [-0.25, -0.2) is 0 Å². The molecule has 0 spiro atoms. The topological polar surface area (TPSA) is 44.8 Å². The molecule has 0 aromatic heterocycles. The number of hydrogen-bond donors (Lipinski definition) is 0. The van der Waals surface area contributed by atoms with Gasteiger partial charge >= 0.3 is 0 Å². The highest BCUT2D eigenvalue weighted by molar-refractivity contribution is 7.97. The van der Waals surface area contributed by atoms with Crippen LogP contribution in [0.15, 0.2) is 174 Å². The van der Waals surface area contributed by atoms with E-state index in [0.29, 0.717) is 5.75 Å². The number of ether oxygens (including phenoxy) is 3. The Morgan fingerprint density at radius 1 is 0.510 bits per heavy atom. The highest BCUT2D eigenvalue weighted by Gasteiger charge is 2.30. The minimum atomic E-state index is -1.14. The van der Waals surface area contributed by atoms with Gasteiger partial charge in [0.2, 0.25) is 5.78 Å². The largest absolute Gasteiger partial charge is 0.497 e. The van der Waals surface area contributed by atoms with E-state index in [1.807, 2.05) is 66.7 Å². The molecule has 0 N–H and O–H groups in total. The third-order valence-corrected chi connectivity index (χ3v) is 11.7. The summed E-state index contributed by atoms with van der Waals surface area (Å²) in [7, 11) is 4.89. The normalized spacial score (nSPS) is 10.9. The van der Waals surface area contributed by atoms with Crippen molar-refractivity contribution >= 4 is 39.2 Å². The van der Waals surface area contributed by atoms with Gasteiger partial charge in [-0.2, -0.15) is 22.7 Å². The summed E-state index contributed by atoms with van der Waals surface area (Å²) in [5.41, 5.74) is 4.73. The molecule has 0 saturated carbocycles. The summed E-state index contributed by atoms with van der Waals surface area (Å²) >= 11 is 0. The van der Waals surface area contributed by atoms with Gasteiger partial charge in [-0.15, -0.1) is 0 Å². The predicted octanol–water partition coefficient (Wildman–Crippen LogP) is 8.59. The van der Waals surface area contributed by atoms with Gasteiger partial charge < -0.3 is 14.2 Å². The van der Waals surface area contributed by atoms with Crippen LogP contribution in [0.25, 0.3) is 0 Å². The summed E-state index contributed by atoms with van der Waals surface area (Å²) in [6.45, 7) is 2.25. The fourth-order valence-corrected chi connectivity index (χ4v) is 8.70. The Hall–Kier alpha value is -5.20. The Bertz CT molecular complexity index is 1740. The van der Waals surface area contributed by atoms with Gasteiger partial charge in [-0.05, 0) is 60.7 Å². The molecular weight excluding hydrogens is 647 g/mol. The van der Waals surface area contributed by atoms with Crippen molar-refractivity contribution in [3.05, 3.63) is 169 Å². The summed E-state index contributed by atoms with van der Waals surface area (Å²) in [6.07, 6.45) is 2.22. The van der Waals surface area contributed by atoms with E-state index in [0.717, 1.165) is 42.0 Å². The fraction of sp³-hybridized carbons (Fsp3) is 0.178. The van der Waals surface area contributed by atoms with E-state index in [-0.39, 0.29) is 16.7 Å². The van der Waals surface area contributed by atoms with Crippen molar-refractivity contribution in [3.63, 3.8) is 0 Å². The first-order chi connectivity index (χ1) is 25.0. The average molecular weight is 695 g/mol. The van der Waals surface area contributed by atoms with E-state index in [4.69, 9.17) is 14.2 Å². The summed E-state index contributed by atoms with van der Waals surface area (Å²) in [4.78, 5) is 15.0. The molecule has 0 atom stereocenters. The highest BCUT2D eigenvalue weighted by atomic mass is 32.2. The van der Waals surface area contributed by atoms with Gasteiger partial charge in [0.15, 0.2) is 15.5 Å². The number of benzene rings is 6. The monoisotopic (exact) mass is 694 g/mol. The second kappa shape index (κ2) is 18.7. The molecule has 0 saturated heterocycles. The van der Waals surface area contributed by atoms with Crippen LogP contribution in [-0.2, 0) is 10.9 Å². The molecule has 0 aliphatic heterocycles. The number of carbonyl (C=O) groups is 1. The Morgan fingerprint density at radius 2 is 0.863 bits per heavy atom. The van der Waals surface area contributed by atoms with Gasteiger partial charge in [-0.1, -0.05) is 123 Å². The molecule has 0 radical (unpaired) electrons. The van der Waals surface area contributed by atoms with Crippen molar-refractivity contribution in [1.29, 1.82) is 0 Å². The first-order valence-corrected chi connectivity index (χ1v) is 18.9. The number of methoxy groups -OCH3 is 3. The summed E-state index contributed by atoms with van der Waals surface area (Å²) in [6, 6.07) is 55.7. The van der Waals surface area contributed by atoms with E-state index in [1.165, 1.54) is 26.2 Å². The predicted molar refractivity (Wildman–Crippen MR) is 216 cm³/mol. The van der Waals surface area contributed by atoms with Crippen LogP contribution in [0.1, 0.15) is 30.1 Å². The highest BCUT2D eigenvalue weighted by Crippen LogP contribution is 2.25. The molecule has 0 bridgehead atoms. The van der Waals surface area contributed by atoms with Crippen molar-refractivity contribution < 1.29 is 19.0 Å². The van der Waals surface area contributed by atoms with E-state index in [9.17, 15) is 4.79 Å². The van der Waals surface area contributed by atoms with Crippen LogP contribution < -0.4 is 30.6 Å². The van der Waals surface area contributed by atoms with E-state index in [2.05, 4.69) is 104 Å². The van der Waals surface area contributed by atoms with Gasteiger partial charge in [0.1, 0.15) is 17.2 Å². The number of ketones is 1. The Labute approximate surface area is 306 Å². The van der Waals surface area contributed by atoms with E-state index < -0.39 is 6.15 Å². The summed E-state index contributed by atoms with van der Waals surface area (Å²) in [5.74, 6) is 3.32. The zero-order chi connectivity index (χ0) is 35.9. The Kier molecular flexibility index (Phi) is 13.6. The Morgan fingerprint density at radius 3 is 1.20 bits per heavy atom. The third kappa shape index (κ3) is 9.33. The van der Waals surface area contributed by atoms with Crippen LogP contribution >= 0.6 is 0 Å². The third-order valence-electron chi connectivity index (χ3n) is 9.47.